The lowest BCUT2D eigenvalue weighted by molar-refractivity contribution is 0.0783. The third-order valence-electron chi connectivity index (χ3n) is 2.77. The van der Waals surface area contributed by atoms with E-state index in [1.165, 1.54) is 5.56 Å². The van der Waals surface area contributed by atoms with Crippen molar-refractivity contribution in [1.29, 1.82) is 0 Å². The van der Waals surface area contributed by atoms with Crippen LogP contribution in [0.3, 0.4) is 0 Å². The van der Waals surface area contributed by atoms with Gasteiger partial charge in [0.25, 0.3) is 5.91 Å². The van der Waals surface area contributed by atoms with Crippen molar-refractivity contribution in [3.05, 3.63) is 59.4 Å². The number of carbonyl (C=O) groups is 1. The smallest absolute Gasteiger partial charge is 0.253 e. The molecule has 0 bridgehead atoms. The zero-order valence-electron chi connectivity index (χ0n) is 10.2. The molecule has 2 rings (SSSR count). The summed E-state index contributed by atoms with van der Waals surface area (Å²) in [6.07, 6.45) is 1.86. The Labute approximate surface area is 115 Å². The number of carbonyl (C=O) groups excluding carboxylic acids is 1. The summed E-state index contributed by atoms with van der Waals surface area (Å²) >= 11 is 3.39. The van der Waals surface area contributed by atoms with Crippen molar-refractivity contribution < 1.29 is 4.79 Å². The lowest BCUT2D eigenvalue weighted by Crippen LogP contribution is -2.26. The third-order valence-corrected chi connectivity index (χ3v) is 3.42. The Balaban J connectivity index is 2.05. The molecule has 0 radical (unpaired) electrons. The largest absolute Gasteiger partial charge is 0.364 e. The van der Waals surface area contributed by atoms with E-state index in [0.29, 0.717) is 12.1 Å². The Morgan fingerprint density at radius 2 is 2.00 bits per heavy atom. The summed E-state index contributed by atoms with van der Waals surface area (Å²) in [5.41, 5.74) is 2.91. The third kappa shape index (κ3) is 3.01. The summed E-state index contributed by atoms with van der Waals surface area (Å²) in [6, 6.07) is 11.6. The number of hydrogen-bond acceptors (Lipinski definition) is 1. The van der Waals surface area contributed by atoms with Crippen LogP contribution in [0.2, 0.25) is 0 Å². The number of hydrogen-bond donors (Lipinski definition) is 1. The van der Waals surface area contributed by atoms with Gasteiger partial charge in [0.15, 0.2) is 0 Å². The van der Waals surface area contributed by atoms with Crippen molar-refractivity contribution in [2.24, 2.45) is 0 Å². The van der Waals surface area contributed by atoms with Gasteiger partial charge >= 0.3 is 0 Å². The fraction of sp³-hybridized carbons (Fsp3) is 0.214. The zero-order valence-corrected chi connectivity index (χ0v) is 11.8. The molecule has 3 nitrogen and oxygen atoms in total. The minimum absolute atomic E-state index is 0.0331. The first-order chi connectivity index (χ1) is 8.70. The Morgan fingerprint density at radius 1 is 1.28 bits per heavy atom. The van der Waals surface area contributed by atoms with Crippen molar-refractivity contribution in [2.75, 3.05) is 7.05 Å². The molecule has 1 heterocycles. The summed E-state index contributed by atoms with van der Waals surface area (Å²) in [4.78, 5) is 17.0. The lowest BCUT2D eigenvalue weighted by atomic mass is 10.1. The molecule has 18 heavy (non-hydrogen) atoms. The van der Waals surface area contributed by atoms with Crippen LogP contribution in [0.15, 0.2) is 42.6 Å². The maximum absolute atomic E-state index is 12.2. The number of H-pyrrole nitrogens is 1. The average molecular weight is 307 g/mol. The Kier molecular flexibility index (Phi) is 4.20. The van der Waals surface area contributed by atoms with Crippen molar-refractivity contribution in [3.8, 4) is 0 Å². The van der Waals surface area contributed by atoms with Crippen molar-refractivity contribution in [2.45, 2.75) is 11.9 Å². The fourth-order valence-corrected chi connectivity index (χ4v) is 2.12. The van der Waals surface area contributed by atoms with E-state index in [1.807, 2.05) is 49.6 Å². The highest BCUT2D eigenvalue weighted by atomic mass is 79.9. The molecule has 94 valence electrons. The number of rotatable bonds is 4. The Bertz CT molecular complexity index is 505. The van der Waals surface area contributed by atoms with E-state index in [1.54, 1.807) is 4.90 Å². The van der Waals surface area contributed by atoms with Gasteiger partial charge in [-0.2, -0.15) is 0 Å². The van der Waals surface area contributed by atoms with Gasteiger partial charge in [0.2, 0.25) is 0 Å². The number of benzene rings is 1. The highest BCUT2D eigenvalue weighted by Gasteiger charge is 2.11. The van der Waals surface area contributed by atoms with E-state index in [-0.39, 0.29) is 5.91 Å². The highest BCUT2D eigenvalue weighted by molar-refractivity contribution is 9.08. The number of nitrogens with one attached hydrogen (secondary N) is 1. The van der Waals surface area contributed by atoms with Crippen LogP contribution in [0.1, 0.15) is 21.6 Å². The number of aromatic nitrogens is 1. The fourth-order valence-electron chi connectivity index (χ4n) is 1.75. The predicted molar refractivity (Wildman–Crippen MR) is 75.7 cm³/mol. The molecule has 0 atom stereocenters. The molecule has 0 aliphatic rings. The quantitative estimate of drug-likeness (QED) is 0.865. The number of alkyl halides is 1. The average Bonchev–Trinajstić information content (AvgIpc) is 2.91. The molecular weight excluding hydrogens is 292 g/mol. The van der Waals surface area contributed by atoms with Gasteiger partial charge in [0.1, 0.15) is 0 Å². The molecule has 0 aliphatic carbocycles. The Morgan fingerprint density at radius 3 is 2.56 bits per heavy atom. The molecular formula is C14H15BrN2O. The van der Waals surface area contributed by atoms with E-state index in [9.17, 15) is 4.79 Å². The summed E-state index contributed by atoms with van der Waals surface area (Å²) in [6.45, 7) is 0.589. The second-order valence-corrected chi connectivity index (χ2v) is 4.75. The first-order valence-electron chi connectivity index (χ1n) is 5.73. The standard InChI is InChI=1S/C14H15BrN2O/c1-17(10-13-3-2-8-16-13)14(18)12-6-4-11(9-15)5-7-12/h2-8,16H,9-10H2,1H3. The van der Waals surface area contributed by atoms with Crippen LogP contribution in [-0.2, 0) is 11.9 Å². The number of amides is 1. The van der Waals surface area contributed by atoms with Gasteiger partial charge in [-0.25, -0.2) is 0 Å². The number of aromatic amines is 1. The highest BCUT2D eigenvalue weighted by Crippen LogP contribution is 2.11. The summed E-state index contributed by atoms with van der Waals surface area (Å²) < 4.78 is 0. The van der Waals surface area contributed by atoms with Crippen LogP contribution >= 0.6 is 15.9 Å². The van der Waals surface area contributed by atoms with Crippen LogP contribution in [0.5, 0.6) is 0 Å². The molecule has 0 aliphatic heterocycles. The second kappa shape index (κ2) is 5.87. The van der Waals surface area contributed by atoms with Crippen molar-refractivity contribution in [1.82, 2.24) is 9.88 Å². The maximum atomic E-state index is 12.2. The summed E-state index contributed by atoms with van der Waals surface area (Å²) in [5, 5.41) is 0.805. The molecule has 1 N–H and O–H groups in total. The van der Waals surface area contributed by atoms with E-state index >= 15 is 0 Å². The van der Waals surface area contributed by atoms with E-state index < -0.39 is 0 Å². The SMILES string of the molecule is CN(Cc1ccc[nH]1)C(=O)c1ccc(CBr)cc1. The zero-order chi connectivity index (χ0) is 13.0. The summed E-state index contributed by atoms with van der Waals surface area (Å²) in [5.74, 6) is 0.0331. The molecule has 2 aromatic rings. The van der Waals surface area contributed by atoms with Crippen LogP contribution < -0.4 is 0 Å². The first-order valence-corrected chi connectivity index (χ1v) is 6.85. The normalized spacial score (nSPS) is 10.3. The second-order valence-electron chi connectivity index (χ2n) is 4.19. The molecule has 4 heteroatoms. The molecule has 0 fully saturated rings. The van der Waals surface area contributed by atoms with Crippen LogP contribution in [0, 0.1) is 0 Å². The number of nitrogens with zero attached hydrogens (tertiary/aromatic N) is 1. The molecule has 1 aromatic carbocycles. The van der Waals surface area contributed by atoms with Crippen LogP contribution in [0.25, 0.3) is 0 Å². The van der Waals surface area contributed by atoms with Gasteiger partial charge in [-0.05, 0) is 29.8 Å². The molecule has 0 unspecified atom stereocenters. The van der Waals surface area contributed by atoms with Gasteiger partial charge < -0.3 is 9.88 Å². The molecule has 0 saturated carbocycles. The van der Waals surface area contributed by atoms with Gasteiger partial charge in [-0.3, -0.25) is 4.79 Å². The van der Waals surface area contributed by atoms with E-state index in [4.69, 9.17) is 0 Å². The van der Waals surface area contributed by atoms with Gasteiger partial charge in [0, 0.05) is 29.8 Å². The van der Waals surface area contributed by atoms with Crippen LogP contribution in [0.4, 0.5) is 0 Å². The van der Waals surface area contributed by atoms with Crippen LogP contribution in [-0.4, -0.2) is 22.8 Å². The molecule has 1 aromatic heterocycles. The van der Waals surface area contributed by atoms with Crippen molar-refractivity contribution in [3.63, 3.8) is 0 Å². The van der Waals surface area contributed by atoms with Gasteiger partial charge in [-0.15, -0.1) is 0 Å². The Hall–Kier alpha value is -1.55. The topological polar surface area (TPSA) is 36.1 Å². The van der Waals surface area contributed by atoms with Gasteiger partial charge in [0.05, 0.1) is 6.54 Å². The maximum Gasteiger partial charge on any atom is 0.253 e. The van der Waals surface area contributed by atoms with Crippen molar-refractivity contribution >= 4 is 21.8 Å². The molecule has 1 amide bonds. The summed E-state index contributed by atoms with van der Waals surface area (Å²) in [7, 11) is 1.81. The number of halogens is 1. The first kappa shape index (κ1) is 12.9. The van der Waals surface area contributed by atoms with E-state index in [0.717, 1.165) is 11.0 Å². The van der Waals surface area contributed by atoms with E-state index in [2.05, 4.69) is 20.9 Å². The monoisotopic (exact) mass is 306 g/mol. The predicted octanol–water partition coefficient (Wildman–Crippen LogP) is 3.18. The lowest BCUT2D eigenvalue weighted by Gasteiger charge is -2.16. The van der Waals surface area contributed by atoms with Gasteiger partial charge in [-0.1, -0.05) is 28.1 Å². The minimum atomic E-state index is 0.0331. The molecule has 0 saturated heterocycles. The molecule has 0 spiro atoms. The minimum Gasteiger partial charge on any atom is -0.364 e.